The molecule has 0 spiro atoms. The molecule has 0 radical (unpaired) electrons. The number of nitrogens with zero attached hydrogens (tertiary/aromatic N) is 2. The van der Waals surface area contributed by atoms with Crippen molar-refractivity contribution in [1.82, 2.24) is 9.97 Å². The number of rotatable bonds is 6. The molecule has 1 aromatic heterocycles. The van der Waals surface area contributed by atoms with Crippen molar-refractivity contribution in [2.75, 3.05) is 30.4 Å². The van der Waals surface area contributed by atoms with Gasteiger partial charge in [-0.2, -0.15) is 0 Å². The van der Waals surface area contributed by atoms with Gasteiger partial charge in [0.25, 0.3) is 0 Å². The van der Waals surface area contributed by atoms with E-state index in [1.807, 2.05) is 0 Å². The van der Waals surface area contributed by atoms with Gasteiger partial charge in [-0.25, -0.2) is 9.97 Å². The molecule has 2 N–H and O–H groups in total. The number of hydrogen-bond donors (Lipinski definition) is 2. The Morgan fingerprint density at radius 3 is 2.48 bits per heavy atom. The summed E-state index contributed by atoms with van der Waals surface area (Å²) in [5.41, 5.74) is 1.18. The fraction of sp³-hybridized carbons (Fsp3) is 0.750. The highest BCUT2D eigenvalue weighted by Gasteiger charge is 2.23. The van der Waals surface area contributed by atoms with Crippen LogP contribution in [0.15, 0.2) is 6.33 Å². The first-order valence-electron chi connectivity index (χ1n) is 8.06. The lowest BCUT2D eigenvalue weighted by Crippen LogP contribution is -2.31. The Balaban J connectivity index is 2.16. The average molecular weight is 292 g/mol. The first-order valence-corrected chi connectivity index (χ1v) is 8.06. The van der Waals surface area contributed by atoms with E-state index < -0.39 is 0 Å². The molecule has 5 nitrogen and oxygen atoms in total. The van der Waals surface area contributed by atoms with Gasteiger partial charge >= 0.3 is 0 Å². The predicted octanol–water partition coefficient (Wildman–Crippen LogP) is 3.26. The average Bonchev–Trinajstić information content (AvgIpc) is 2.48. The Morgan fingerprint density at radius 2 is 1.86 bits per heavy atom. The van der Waals surface area contributed by atoms with Gasteiger partial charge in [-0.15, -0.1) is 0 Å². The lowest BCUT2D eigenvalue weighted by Gasteiger charge is -2.29. The molecule has 0 aliphatic carbocycles. The summed E-state index contributed by atoms with van der Waals surface area (Å²) in [7, 11) is 0. The normalized spacial score (nSPS) is 17.8. The van der Waals surface area contributed by atoms with Gasteiger partial charge in [0.05, 0.1) is 0 Å². The number of aromatic nitrogens is 2. The van der Waals surface area contributed by atoms with E-state index in [9.17, 15) is 0 Å². The summed E-state index contributed by atoms with van der Waals surface area (Å²) < 4.78 is 5.45. The molecule has 1 fully saturated rings. The molecule has 0 bridgehead atoms. The van der Waals surface area contributed by atoms with Crippen LogP contribution in [-0.4, -0.2) is 35.8 Å². The lowest BCUT2D eigenvalue weighted by atomic mass is 9.92. The molecule has 1 atom stereocenters. The van der Waals surface area contributed by atoms with Crippen molar-refractivity contribution >= 4 is 11.6 Å². The maximum atomic E-state index is 5.45. The van der Waals surface area contributed by atoms with E-state index in [1.165, 1.54) is 5.56 Å². The van der Waals surface area contributed by atoms with Crippen LogP contribution in [0.1, 0.15) is 52.0 Å². The predicted molar refractivity (Wildman–Crippen MR) is 86.9 cm³/mol. The fourth-order valence-corrected chi connectivity index (χ4v) is 2.92. The molecule has 1 aromatic rings. The summed E-state index contributed by atoms with van der Waals surface area (Å²) in [6, 6.07) is 0.399. The summed E-state index contributed by atoms with van der Waals surface area (Å²) in [5.74, 6) is 2.94. The van der Waals surface area contributed by atoms with Crippen LogP contribution in [0, 0.1) is 5.92 Å². The first kappa shape index (κ1) is 16.0. The third-order valence-corrected chi connectivity index (χ3v) is 4.14. The van der Waals surface area contributed by atoms with E-state index in [0.29, 0.717) is 17.9 Å². The zero-order chi connectivity index (χ0) is 15.2. The highest BCUT2D eigenvalue weighted by Crippen LogP contribution is 2.30. The highest BCUT2D eigenvalue weighted by atomic mass is 16.5. The molecule has 0 amide bonds. The second-order valence-electron chi connectivity index (χ2n) is 6.05. The molecule has 1 aliphatic rings. The third kappa shape index (κ3) is 4.06. The fourth-order valence-electron chi connectivity index (χ4n) is 2.92. The highest BCUT2D eigenvalue weighted by molar-refractivity contribution is 5.59. The quantitative estimate of drug-likeness (QED) is 0.843. The summed E-state index contributed by atoms with van der Waals surface area (Å²) in [6.45, 7) is 11.3. The van der Waals surface area contributed by atoms with Gasteiger partial charge in [0, 0.05) is 31.4 Å². The van der Waals surface area contributed by atoms with E-state index in [-0.39, 0.29) is 0 Å². The third-order valence-electron chi connectivity index (χ3n) is 4.14. The Hall–Kier alpha value is -1.36. The van der Waals surface area contributed by atoms with Crippen LogP contribution in [0.2, 0.25) is 0 Å². The lowest BCUT2D eigenvalue weighted by molar-refractivity contribution is 0.0622. The van der Waals surface area contributed by atoms with Crippen molar-refractivity contribution < 1.29 is 4.74 Å². The van der Waals surface area contributed by atoms with Gasteiger partial charge in [-0.3, -0.25) is 0 Å². The van der Waals surface area contributed by atoms with Crippen molar-refractivity contribution in [3.8, 4) is 0 Å². The van der Waals surface area contributed by atoms with Gasteiger partial charge < -0.3 is 15.4 Å². The summed E-state index contributed by atoms with van der Waals surface area (Å²) in [6.07, 6.45) is 3.88. The number of anilines is 2. The van der Waals surface area contributed by atoms with Gasteiger partial charge in [0.15, 0.2) is 0 Å². The molecule has 0 aromatic carbocycles. The number of nitrogens with one attached hydrogen (secondary N) is 2. The van der Waals surface area contributed by atoms with E-state index in [1.54, 1.807) is 6.33 Å². The van der Waals surface area contributed by atoms with Crippen LogP contribution >= 0.6 is 0 Å². The molecule has 118 valence electrons. The zero-order valence-electron chi connectivity index (χ0n) is 13.6. The molecule has 2 rings (SSSR count). The SMILES string of the molecule is CCNc1ncnc(NC(C)C2CCOCC2)c1C(C)C. The van der Waals surface area contributed by atoms with E-state index >= 15 is 0 Å². The Bertz CT molecular complexity index is 444. The number of ether oxygens (including phenoxy) is 1. The summed E-state index contributed by atoms with van der Waals surface area (Å²) in [5, 5.41) is 6.95. The van der Waals surface area contributed by atoms with Crippen molar-refractivity contribution in [3.05, 3.63) is 11.9 Å². The molecular weight excluding hydrogens is 264 g/mol. The standard InChI is InChI=1S/C16H28N4O/c1-5-17-15-14(11(2)3)16(19-10-18-15)20-12(4)13-6-8-21-9-7-13/h10-13H,5-9H2,1-4H3,(H2,17,18,19,20). The van der Waals surface area contributed by atoms with Gasteiger partial charge in [-0.1, -0.05) is 13.8 Å². The van der Waals surface area contributed by atoms with Crippen molar-refractivity contribution in [2.45, 2.75) is 52.5 Å². The molecule has 1 saturated heterocycles. The molecule has 0 saturated carbocycles. The zero-order valence-corrected chi connectivity index (χ0v) is 13.6. The first-order chi connectivity index (χ1) is 10.1. The van der Waals surface area contributed by atoms with E-state index in [2.05, 4.69) is 48.3 Å². The Morgan fingerprint density at radius 1 is 1.19 bits per heavy atom. The smallest absolute Gasteiger partial charge is 0.135 e. The minimum Gasteiger partial charge on any atom is -0.381 e. The molecule has 2 heterocycles. The molecular formula is C16H28N4O. The molecule has 1 aliphatic heterocycles. The Kier molecular flexibility index (Phi) is 5.79. The number of hydrogen-bond acceptors (Lipinski definition) is 5. The summed E-state index contributed by atoms with van der Waals surface area (Å²) in [4.78, 5) is 8.87. The second-order valence-corrected chi connectivity index (χ2v) is 6.05. The van der Waals surface area contributed by atoms with Crippen LogP contribution in [0.25, 0.3) is 0 Å². The van der Waals surface area contributed by atoms with Crippen LogP contribution < -0.4 is 10.6 Å². The Labute approximate surface area is 127 Å². The maximum absolute atomic E-state index is 5.45. The van der Waals surface area contributed by atoms with Crippen LogP contribution in [0.3, 0.4) is 0 Å². The van der Waals surface area contributed by atoms with Crippen molar-refractivity contribution in [2.24, 2.45) is 5.92 Å². The van der Waals surface area contributed by atoms with Gasteiger partial charge in [0.1, 0.15) is 18.0 Å². The largest absolute Gasteiger partial charge is 0.381 e. The van der Waals surface area contributed by atoms with Crippen molar-refractivity contribution in [1.29, 1.82) is 0 Å². The van der Waals surface area contributed by atoms with Crippen LogP contribution in [-0.2, 0) is 4.74 Å². The van der Waals surface area contributed by atoms with Crippen LogP contribution in [0.5, 0.6) is 0 Å². The van der Waals surface area contributed by atoms with Gasteiger partial charge in [-0.05, 0) is 38.5 Å². The van der Waals surface area contributed by atoms with E-state index in [4.69, 9.17) is 4.74 Å². The van der Waals surface area contributed by atoms with Crippen LogP contribution in [0.4, 0.5) is 11.6 Å². The molecule has 21 heavy (non-hydrogen) atoms. The van der Waals surface area contributed by atoms with Crippen molar-refractivity contribution in [3.63, 3.8) is 0 Å². The molecule has 1 unspecified atom stereocenters. The monoisotopic (exact) mass is 292 g/mol. The summed E-state index contributed by atoms with van der Waals surface area (Å²) >= 11 is 0. The minimum atomic E-state index is 0.379. The second kappa shape index (κ2) is 7.59. The maximum Gasteiger partial charge on any atom is 0.135 e. The van der Waals surface area contributed by atoms with Gasteiger partial charge in [0.2, 0.25) is 0 Å². The van der Waals surface area contributed by atoms with E-state index in [0.717, 1.165) is 44.2 Å². The molecule has 5 heteroatoms. The topological polar surface area (TPSA) is 59.1 Å². The minimum absolute atomic E-state index is 0.379.